The number of carbonyl (C=O) groups is 3. The van der Waals surface area contributed by atoms with Gasteiger partial charge < -0.3 is 34.4 Å². The average molecular weight is 480 g/mol. The molecule has 2 aliphatic heterocycles. The van der Waals surface area contributed by atoms with Crippen LogP contribution >= 0.6 is 0 Å². The number of rotatable bonds is 7. The zero-order valence-corrected chi connectivity index (χ0v) is 19.7. The van der Waals surface area contributed by atoms with E-state index in [-0.39, 0.29) is 48.9 Å². The first-order valence-electron chi connectivity index (χ1n) is 10.9. The van der Waals surface area contributed by atoms with Gasteiger partial charge in [0.05, 0.1) is 32.4 Å². The van der Waals surface area contributed by atoms with E-state index in [4.69, 9.17) is 19.3 Å². The molecule has 2 N–H and O–H groups in total. The van der Waals surface area contributed by atoms with Crippen LogP contribution in [0.5, 0.6) is 5.75 Å². The van der Waals surface area contributed by atoms with Crippen molar-refractivity contribution in [1.29, 1.82) is 0 Å². The number of aliphatic hydroxyl groups excluding tert-OH is 1. The normalized spacial score (nSPS) is 18.4. The fraction of sp³-hybridized carbons (Fsp3) is 0.522. The van der Waals surface area contributed by atoms with Gasteiger partial charge >= 0.3 is 12.1 Å². The fourth-order valence-electron chi connectivity index (χ4n) is 3.66. The summed E-state index contributed by atoms with van der Waals surface area (Å²) in [6.45, 7) is 5.84. The summed E-state index contributed by atoms with van der Waals surface area (Å²) >= 11 is 0. The van der Waals surface area contributed by atoms with E-state index in [0.29, 0.717) is 13.0 Å². The minimum absolute atomic E-state index is 0.00316. The van der Waals surface area contributed by atoms with E-state index < -0.39 is 35.5 Å². The molecule has 0 spiro atoms. The van der Waals surface area contributed by atoms with Crippen molar-refractivity contribution in [3.63, 3.8) is 0 Å². The van der Waals surface area contributed by atoms with Crippen molar-refractivity contribution < 1.29 is 38.1 Å². The van der Waals surface area contributed by atoms with Crippen LogP contribution in [0.4, 0.5) is 14.9 Å². The first kappa shape index (κ1) is 25.3. The molecule has 0 bridgehead atoms. The van der Waals surface area contributed by atoms with Crippen molar-refractivity contribution in [2.24, 2.45) is 0 Å². The van der Waals surface area contributed by atoms with Crippen molar-refractivity contribution in [3.8, 4) is 5.75 Å². The van der Waals surface area contributed by atoms with Crippen LogP contribution in [0.3, 0.4) is 0 Å². The van der Waals surface area contributed by atoms with Crippen LogP contribution in [0.1, 0.15) is 27.2 Å². The number of nitrogens with one attached hydrogen (secondary N) is 1. The van der Waals surface area contributed by atoms with E-state index in [1.54, 1.807) is 20.8 Å². The molecule has 0 aliphatic carbocycles. The zero-order chi connectivity index (χ0) is 25.0. The summed E-state index contributed by atoms with van der Waals surface area (Å²) in [5.41, 5.74) is -0.307. The Morgan fingerprint density at radius 3 is 2.65 bits per heavy atom. The molecule has 10 nitrogen and oxygen atoms in total. The first-order chi connectivity index (χ1) is 16.0. The van der Waals surface area contributed by atoms with Gasteiger partial charge in [-0.2, -0.15) is 0 Å². The van der Waals surface area contributed by atoms with Crippen molar-refractivity contribution in [3.05, 3.63) is 35.3 Å². The SMILES string of the molecule is COC(=O)C1=C(Nc2ccc(OC3CCN(C(=O)OC(C)(C)C)C3)c(F)c2)C(=O)N(CCO)C1. The third-order valence-electron chi connectivity index (χ3n) is 5.25. The number of carbonyl (C=O) groups excluding carboxylic acids is 3. The number of aliphatic hydroxyl groups is 1. The van der Waals surface area contributed by atoms with Gasteiger partial charge in [-0.05, 0) is 32.9 Å². The predicted molar refractivity (Wildman–Crippen MR) is 120 cm³/mol. The largest absolute Gasteiger partial charge is 0.485 e. The van der Waals surface area contributed by atoms with Gasteiger partial charge in [-0.3, -0.25) is 4.79 Å². The maximum Gasteiger partial charge on any atom is 0.410 e. The van der Waals surface area contributed by atoms with Crippen molar-refractivity contribution in [2.45, 2.75) is 38.9 Å². The molecule has 34 heavy (non-hydrogen) atoms. The van der Waals surface area contributed by atoms with Crippen LogP contribution in [0, 0.1) is 5.82 Å². The highest BCUT2D eigenvalue weighted by Crippen LogP contribution is 2.28. The predicted octanol–water partition coefficient (Wildman–Crippen LogP) is 1.89. The van der Waals surface area contributed by atoms with Crippen LogP contribution < -0.4 is 10.1 Å². The molecule has 3 rings (SSSR count). The maximum absolute atomic E-state index is 14.8. The van der Waals surface area contributed by atoms with E-state index in [0.717, 1.165) is 6.07 Å². The van der Waals surface area contributed by atoms with Gasteiger partial charge in [0.1, 0.15) is 17.4 Å². The van der Waals surface area contributed by atoms with Gasteiger partial charge in [0.25, 0.3) is 5.91 Å². The number of anilines is 1. The van der Waals surface area contributed by atoms with E-state index in [9.17, 15) is 18.8 Å². The van der Waals surface area contributed by atoms with Gasteiger partial charge in [0.15, 0.2) is 11.6 Å². The molecule has 1 atom stereocenters. The summed E-state index contributed by atoms with van der Waals surface area (Å²) in [6.07, 6.45) is -0.300. The molecular formula is C23H30FN3O7. The van der Waals surface area contributed by atoms with Crippen molar-refractivity contribution in [1.82, 2.24) is 9.80 Å². The van der Waals surface area contributed by atoms with Crippen LogP contribution in [-0.2, 0) is 19.1 Å². The summed E-state index contributed by atoms with van der Waals surface area (Å²) < 4.78 is 30.6. The number of halogens is 1. The number of β-amino-alcohol motifs (C(OH)–C–C–N with tert-alkyl or cyclic N) is 1. The third-order valence-corrected chi connectivity index (χ3v) is 5.25. The molecular weight excluding hydrogens is 449 g/mol. The Labute approximate surface area is 197 Å². The molecule has 1 unspecified atom stereocenters. The number of nitrogens with zero attached hydrogens (tertiary/aromatic N) is 2. The van der Waals surface area contributed by atoms with Gasteiger partial charge in [0.2, 0.25) is 0 Å². The highest BCUT2D eigenvalue weighted by Gasteiger charge is 2.35. The van der Waals surface area contributed by atoms with Gasteiger partial charge in [0, 0.05) is 31.3 Å². The number of hydrogen-bond donors (Lipinski definition) is 2. The lowest BCUT2D eigenvalue weighted by atomic mass is 10.2. The van der Waals surface area contributed by atoms with E-state index in [1.165, 1.54) is 29.0 Å². The lowest BCUT2D eigenvalue weighted by Crippen LogP contribution is -2.36. The Morgan fingerprint density at radius 2 is 2.03 bits per heavy atom. The third kappa shape index (κ3) is 5.96. The Balaban J connectivity index is 1.67. The summed E-state index contributed by atoms with van der Waals surface area (Å²) in [4.78, 5) is 39.7. The molecule has 2 amide bonds. The molecule has 0 radical (unpaired) electrons. The highest BCUT2D eigenvalue weighted by molar-refractivity contribution is 6.08. The lowest BCUT2D eigenvalue weighted by Gasteiger charge is -2.24. The number of methoxy groups -OCH3 is 1. The van der Waals surface area contributed by atoms with E-state index >= 15 is 0 Å². The number of ether oxygens (including phenoxy) is 3. The monoisotopic (exact) mass is 479 g/mol. The zero-order valence-electron chi connectivity index (χ0n) is 19.7. The van der Waals surface area contributed by atoms with E-state index in [1.807, 2.05) is 0 Å². The van der Waals surface area contributed by atoms with Crippen LogP contribution in [0.15, 0.2) is 29.5 Å². The number of likely N-dealkylation sites (tertiary alicyclic amines) is 1. The second-order valence-electron chi connectivity index (χ2n) is 9.02. The highest BCUT2D eigenvalue weighted by atomic mass is 19.1. The summed E-state index contributed by atoms with van der Waals surface area (Å²) in [7, 11) is 1.20. The molecule has 1 aromatic carbocycles. The lowest BCUT2D eigenvalue weighted by molar-refractivity contribution is -0.136. The summed E-state index contributed by atoms with van der Waals surface area (Å²) in [6, 6.07) is 4.08. The maximum atomic E-state index is 14.8. The van der Waals surface area contributed by atoms with Crippen LogP contribution in [-0.4, -0.2) is 84.5 Å². The second-order valence-corrected chi connectivity index (χ2v) is 9.02. The number of hydrogen-bond acceptors (Lipinski definition) is 8. The van der Waals surface area contributed by atoms with Gasteiger partial charge in [-0.1, -0.05) is 0 Å². The fourth-order valence-corrected chi connectivity index (χ4v) is 3.66. The molecule has 186 valence electrons. The Kier molecular flexibility index (Phi) is 7.65. The summed E-state index contributed by atoms with van der Waals surface area (Å²) in [5, 5.41) is 11.9. The second kappa shape index (κ2) is 10.3. The minimum atomic E-state index is -0.688. The Morgan fingerprint density at radius 1 is 1.29 bits per heavy atom. The van der Waals surface area contributed by atoms with E-state index in [2.05, 4.69) is 5.32 Å². The minimum Gasteiger partial charge on any atom is -0.485 e. The first-order valence-corrected chi connectivity index (χ1v) is 10.9. The van der Waals surface area contributed by atoms with Crippen molar-refractivity contribution >= 4 is 23.7 Å². The Bertz CT molecular complexity index is 989. The topological polar surface area (TPSA) is 118 Å². The molecule has 0 saturated carbocycles. The number of benzene rings is 1. The number of esters is 1. The molecule has 1 saturated heterocycles. The van der Waals surface area contributed by atoms with Gasteiger partial charge in [-0.15, -0.1) is 0 Å². The molecule has 1 aromatic rings. The molecule has 1 fully saturated rings. The Hall–Kier alpha value is -3.34. The molecule has 2 aliphatic rings. The van der Waals surface area contributed by atoms with Crippen LogP contribution in [0.25, 0.3) is 0 Å². The number of amides is 2. The van der Waals surface area contributed by atoms with Crippen molar-refractivity contribution in [2.75, 3.05) is 45.2 Å². The smallest absolute Gasteiger partial charge is 0.410 e. The van der Waals surface area contributed by atoms with Gasteiger partial charge in [-0.25, -0.2) is 14.0 Å². The van der Waals surface area contributed by atoms with Crippen LogP contribution in [0.2, 0.25) is 0 Å². The molecule has 2 heterocycles. The standard InChI is InChI=1S/C23H30FN3O7/c1-23(2,3)34-22(31)27-8-7-15(12-27)33-18-6-5-14(11-17(18)24)25-19-16(21(30)32-4)13-26(9-10-28)20(19)29/h5-6,11,15,25,28H,7-10,12-13H2,1-4H3. The average Bonchev–Trinajstić information content (AvgIpc) is 3.35. The summed E-state index contributed by atoms with van der Waals surface area (Å²) in [5.74, 6) is -1.85. The molecule has 11 heteroatoms. The quantitative estimate of drug-likeness (QED) is 0.570. The molecule has 0 aromatic heterocycles.